The Balaban J connectivity index is 3.04. The number of nitrogens with zero attached hydrogens (tertiary/aromatic N) is 1. The molecular formula is C3H6N2O. The van der Waals surface area contributed by atoms with E-state index in [1.165, 1.54) is 0 Å². The quantitative estimate of drug-likeness (QED) is 0.395. The first kappa shape index (κ1) is 5.41. The second kappa shape index (κ2) is 2.64. The van der Waals surface area contributed by atoms with E-state index < -0.39 is 6.10 Å². The first-order chi connectivity index (χ1) is 2.81. The number of aliphatic hydroxyl groups is 1. The van der Waals surface area contributed by atoms with Gasteiger partial charge in [0.1, 0.15) is 0 Å². The van der Waals surface area contributed by atoms with Crippen LogP contribution in [0.4, 0.5) is 0 Å². The minimum absolute atomic E-state index is 0.0243. The molecule has 0 rings (SSSR count). The molecule has 0 aromatic rings. The second-order valence-electron chi connectivity index (χ2n) is 0.881. The molecule has 3 heteroatoms. The fraction of sp³-hybridized carbons (Fsp3) is 0.667. The fourth-order valence-electron chi connectivity index (χ4n) is 0.0527. The number of nitriles is 1. The van der Waals surface area contributed by atoms with Gasteiger partial charge < -0.3 is 10.8 Å². The van der Waals surface area contributed by atoms with E-state index in [2.05, 4.69) is 0 Å². The summed E-state index contributed by atoms with van der Waals surface area (Å²) in [6.07, 6.45) is -0.981. The van der Waals surface area contributed by atoms with Gasteiger partial charge in [0, 0.05) is 6.54 Å². The van der Waals surface area contributed by atoms with Crippen molar-refractivity contribution in [2.24, 2.45) is 5.73 Å². The maximum atomic E-state index is 8.18. The summed E-state index contributed by atoms with van der Waals surface area (Å²) in [7, 11) is 0. The van der Waals surface area contributed by atoms with Gasteiger partial charge in [-0.2, -0.15) is 5.26 Å². The second-order valence-corrected chi connectivity index (χ2v) is 0.881. The molecule has 0 aliphatic heterocycles. The van der Waals surface area contributed by atoms with E-state index in [4.69, 9.17) is 16.1 Å². The molecule has 1 unspecified atom stereocenters. The highest BCUT2D eigenvalue weighted by Crippen LogP contribution is 1.66. The molecule has 0 aromatic heterocycles. The Morgan fingerprint density at radius 2 is 2.50 bits per heavy atom. The third-order valence-corrected chi connectivity index (χ3v) is 0.372. The summed E-state index contributed by atoms with van der Waals surface area (Å²) in [6, 6.07) is 1.55. The Hall–Kier alpha value is -0.590. The summed E-state index contributed by atoms with van der Waals surface area (Å²) >= 11 is 0. The molecule has 0 aliphatic rings. The zero-order valence-corrected chi connectivity index (χ0v) is 3.26. The molecule has 3 N–H and O–H groups in total. The van der Waals surface area contributed by atoms with E-state index in [9.17, 15) is 0 Å². The molecule has 0 heterocycles. The molecule has 0 radical (unpaired) electrons. The molecule has 0 bridgehead atoms. The lowest BCUT2D eigenvalue weighted by Gasteiger charge is -1.87. The Bertz CT molecular complexity index is 65.7. The number of hydrogen-bond donors (Lipinski definition) is 2. The van der Waals surface area contributed by atoms with Crippen molar-refractivity contribution in [3.8, 4) is 6.07 Å². The van der Waals surface area contributed by atoms with E-state index >= 15 is 0 Å². The lowest BCUT2D eigenvalue weighted by atomic mass is 10.4. The van der Waals surface area contributed by atoms with Gasteiger partial charge in [-0.25, -0.2) is 0 Å². The summed E-state index contributed by atoms with van der Waals surface area (Å²) in [5.74, 6) is 0. The third kappa shape index (κ3) is 1.70. The zero-order chi connectivity index (χ0) is 4.99. The average molecular weight is 86.1 g/mol. The lowest BCUT2D eigenvalue weighted by molar-refractivity contribution is 0.238. The molecule has 0 aliphatic carbocycles. The van der Waals surface area contributed by atoms with E-state index in [0.717, 1.165) is 0 Å². The van der Waals surface area contributed by atoms with Crippen LogP contribution in [-0.2, 0) is 0 Å². The summed E-state index contributed by atoms with van der Waals surface area (Å²) in [5.41, 5.74) is 4.81. The van der Waals surface area contributed by atoms with Gasteiger partial charge in [-0.3, -0.25) is 0 Å². The SMILES string of the molecule is N#CC(O)CN. The standard InChI is InChI=1S/C3H6N2O/c4-1-3(6)2-5/h3,6H,1,4H2. The molecule has 0 aromatic carbocycles. The highest BCUT2D eigenvalue weighted by molar-refractivity contribution is 4.81. The number of nitrogens with two attached hydrogens (primary N) is 1. The minimum atomic E-state index is -0.981. The highest BCUT2D eigenvalue weighted by atomic mass is 16.3. The van der Waals surface area contributed by atoms with Gasteiger partial charge in [-0.1, -0.05) is 0 Å². The lowest BCUT2D eigenvalue weighted by Crippen LogP contribution is -2.16. The van der Waals surface area contributed by atoms with Crippen LogP contribution in [0.5, 0.6) is 0 Å². The molecule has 6 heavy (non-hydrogen) atoms. The fourth-order valence-corrected chi connectivity index (χ4v) is 0.0527. The van der Waals surface area contributed by atoms with E-state index in [1.807, 2.05) is 0 Å². The van der Waals surface area contributed by atoms with Gasteiger partial charge in [0.25, 0.3) is 0 Å². The largest absolute Gasteiger partial charge is 0.377 e. The van der Waals surface area contributed by atoms with Crippen LogP contribution >= 0.6 is 0 Å². The van der Waals surface area contributed by atoms with Crippen molar-refractivity contribution in [2.75, 3.05) is 6.54 Å². The summed E-state index contributed by atoms with van der Waals surface area (Å²) < 4.78 is 0. The molecule has 1 atom stereocenters. The number of aliphatic hydroxyl groups excluding tert-OH is 1. The van der Waals surface area contributed by atoms with Gasteiger partial charge in [0.15, 0.2) is 6.10 Å². The Kier molecular flexibility index (Phi) is 2.38. The topological polar surface area (TPSA) is 70.0 Å². The first-order valence-corrected chi connectivity index (χ1v) is 1.59. The van der Waals surface area contributed by atoms with Crippen molar-refractivity contribution in [1.29, 1.82) is 5.26 Å². The van der Waals surface area contributed by atoms with Crippen LogP contribution < -0.4 is 5.73 Å². The van der Waals surface area contributed by atoms with Crippen molar-refractivity contribution in [2.45, 2.75) is 6.10 Å². The van der Waals surface area contributed by atoms with E-state index in [-0.39, 0.29) is 6.54 Å². The average Bonchev–Trinajstić information content (AvgIpc) is 1.65. The van der Waals surface area contributed by atoms with Crippen LogP contribution in [0, 0.1) is 11.3 Å². The van der Waals surface area contributed by atoms with Gasteiger partial charge >= 0.3 is 0 Å². The monoisotopic (exact) mass is 86.0 g/mol. The van der Waals surface area contributed by atoms with E-state index in [0.29, 0.717) is 0 Å². The molecule has 0 saturated heterocycles. The van der Waals surface area contributed by atoms with Crippen LogP contribution in [-0.4, -0.2) is 17.8 Å². The van der Waals surface area contributed by atoms with Crippen LogP contribution in [0.3, 0.4) is 0 Å². The van der Waals surface area contributed by atoms with Gasteiger partial charge in [-0.15, -0.1) is 0 Å². The Labute approximate surface area is 36.0 Å². The van der Waals surface area contributed by atoms with Gasteiger partial charge in [0.2, 0.25) is 0 Å². The molecule has 3 nitrogen and oxygen atoms in total. The van der Waals surface area contributed by atoms with Gasteiger partial charge in [-0.05, 0) is 0 Å². The molecule has 0 amide bonds. The predicted molar refractivity (Wildman–Crippen MR) is 20.7 cm³/mol. The maximum absolute atomic E-state index is 8.18. The molecule has 0 saturated carbocycles. The highest BCUT2D eigenvalue weighted by Gasteiger charge is 1.90. The van der Waals surface area contributed by atoms with Crippen LogP contribution in [0.15, 0.2) is 0 Å². The number of rotatable bonds is 1. The third-order valence-electron chi connectivity index (χ3n) is 0.372. The zero-order valence-electron chi connectivity index (χ0n) is 3.26. The van der Waals surface area contributed by atoms with Crippen molar-refractivity contribution in [1.82, 2.24) is 0 Å². The van der Waals surface area contributed by atoms with Crippen molar-refractivity contribution in [3.05, 3.63) is 0 Å². The summed E-state index contributed by atoms with van der Waals surface area (Å²) in [4.78, 5) is 0. The van der Waals surface area contributed by atoms with Crippen molar-refractivity contribution < 1.29 is 5.11 Å². The van der Waals surface area contributed by atoms with Crippen LogP contribution in [0.1, 0.15) is 0 Å². The maximum Gasteiger partial charge on any atom is 0.152 e. The van der Waals surface area contributed by atoms with Crippen LogP contribution in [0.25, 0.3) is 0 Å². The molecular weight excluding hydrogens is 80.0 g/mol. The molecule has 34 valence electrons. The smallest absolute Gasteiger partial charge is 0.152 e. The summed E-state index contributed by atoms with van der Waals surface area (Å²) in [6.45, 7) is 0.0243. The van der Waals surface area contributed by atoms with Crippen LogP contribution in [0.2, 0.25) is 0 Å². The summed E-state index contributed by atoms with van der Waals surface area (Å²) in [5, 5.41) is 15.9. The number of hydrogen-bond acceptors (Lipinski definition) is 3. The normalized spacial score (nSPS) is 12.8. The minimum Gasteiger partial charge on any atom is -0.377 e. The first-order valence-electron chi connectivity index (χ1n) is 1.59. The predicted octanol–water partition coefficient (Wildman–Crippen LogP) is -1.17. The van der Waals surface area contributed by atoms with E-state index in [1.54, 1.807) is 6.07 Å². The van der Waals surface area contributed by atoms with Crippen molar-refractivity contribution >= 4 is 0 Å². The Morgan fingerprint density at radius 3 is 2.50 bits per heavy atom. The van der Waals surface area contributed by atoms with Gasteiger partial charge in [0.05, 0.1) is 6.07 Å². The molecule has 0 spiro atoms. The van der Waals surface area contributed by atoms with Crippen molar-refractivity contribution in [3.63, 3.8) is 0 Å². The molecule has 0 fully saturated rings. The Morgan fingerprint density at radius 1 is 2.00 bits per heavy atom.